The molecule has 2 heterocycles. The Balaban J connectivity index is 2.03. The maximum Gasteiger partial charge on any atom is 0.0579 e. The van der Waals surface area contributed by atoms with Gasteiger partial charge in [0, 0.05) is 0 Å². The highest BCUT2D eigenvalue weighted by Gasteiger charge is 2.28. The second kappa shape index (κ2) is 1.73. The molecule has 2 fully saturated rings. The molecule has 0 aromatic rings. The van der Waals surface area contributed by atoms with Crippen LogP contribution in [0.5, 0.6) is 0 Å². The summed E-state index contributed by atoms with van der Waals surface area (Å²) in [6.45, 7) is 0. The van der Waals surface area contributed by atoms with Crippen LogP contribution >= 0.6 is 0 Å². The standard InChI is InChI=1S/C7H12O/c1-2-6-4-5-7(3-1)8-6/h6-7H,1-5H2. The van der Waals surface area contributed by atoms with Gasteiger partial charge in [-0.3, -0.25) is 0 Å². The van der Waals surface area contributed by atoms with Crippen molar-refractivity contribution < 1.29 is 4.74 Å². The van der Waals surface area contributed by atoms with Gasteiger partial charge in [-0.25, -0.2) is 0 Å². The molecule has 2 aliphatic heterocycles. The molecule has 2 saturated heterocycles. The molecular weight excluding hydrogens is 100 g/mol. The molecule has 0 aliphatic carbocycles. The SMILES string of the molecule is C1CC2CCC(C1)O2. The lowest BCUT2D eigenvalue weighted by molar-refractivity contribution is 0.00575. The molecule has 0 N–H and O–H groups in total. The van der Waals surface area contributed by atoms with Crippen LogP contribution in [0.2, 0.25) is 0 Å². The van der Waals surface area contributed by atoms with Crippen LogP contribution in [0.4, 0.5) is 0 Å². The molecule has 0 aromatic carbocycles. The third-order valence-corrected chi connectivity index (χ3v) is 2.25. The largest absolute Gasteiger partial charge is 0.375 e. The Labute approximate surface area is 50.0 Å². The van der Waals surface area contributed by atoms with Gasteiger partial charge in [-0.05, 0) is 32.1 Å². The lowest BCUT2D eigenvalue weighted by Gasteiger charge is -2.18. The highest BCUT2D eigenvalue weighted by molar-refractivity contribution is 4.78. The fourth-order valence-electron chi connectivity index (χ4n) is 1.78. The van der Waals surface area contributed by atoms with Gasteiger partial charge in [0.1, 0.15) is 0 Å². The average Bonchev–Trinajstić information content (AvgIpc) is 2.12. The first-order valence-electron chi connectivity index (χ1n) is 3.60. The van der Waals surface area contributed by atoms with E-state index in [0.717, 1.165) is 0 Å². The van der Waals surface area contributed by atoms with Gasteiger partial charge in [0.15, 0.2) is 0 Å². The summed E-state index contributed by atoms with van der Waals surface area (Å²) in [6, 6.07) is 0. The zero-order chi connectivity index (χ0) is 5.40. The van der Waals surface area contributed by atoms with Crippen LogP contribution in [0.3, 0.4) is 0 Å². The van der Waals surface area contributed by atoms with Gasteiger partial charge in [0.05, 0.1) is 12.2 Å². The Morgan fingerprint density at radius 3 is 2.00 bits per heavy atom. The predicted molar refractivity (Wildman–Crippen MR) is 31.7 cm³/mol. The summed E-state index contributed by atoms with van der Waals surface area (Å²) in [4.78, 5) is 0. The summed E-state index contributed by atoms with van der Waals surface area (Å²) in [7, 11) is 0. The van der Waals surface area contributed by atoms with Gasteiger partial charge in [0.2, 0.25) is 0 Å². The quantitative estimate of drug-likeness (QED) is 0.463. The molecule has 0 radical (unpaired) electrons. The minimum Gasteiger partial charge on any atom is -0.375 e. The summed E-state index contributed by atoms with van der Waals surface area (Å²) in [5.74, 6) is 0. The highest BCUT2D eigenvalue weighted by atomic mass is 16.5. The van der Waals surface area contributed by atoms with Crippen molar-refractivity contribution in [3.05, 3.63) is 0 Å². The molecule has 2 bridgehead atoms. The van der Waals surface area contributed by atoms with E-state index in [9.17, 15) is 0 Å². The molecule has 2 unspecified atom stereocenters. The molecule has 0 amide bonds. The van der Waals surface area contributed by atoms with Crippen LogP contribution in [0, 0.1) is 0 Å². The number of hydrogen-bond acceptors (Lipinski definition) is 1. The van der Waals surface area contributed by atoms with Crippen LogP contribution < -0.4 is 0 Å². The Morgan fingerprint density at radius 2 is 1.50 bits per heavy atom. The van der Waals surface area contributed by atoms with Crippen molar-refractivity contribution in [2.45, 2.75) is 44.3 Å². The predicted octanol–water partition coefficient (Wildman–Crippen LogP) is 1.72. The molecule has 1 nitrogen and oxygen atoms in total. The van der Waals surface area contributed by atoms with Gasteiger partial charge >= 0.3 is 0 Å². The molecule has 2 atom stereocenters. The fourth-order valence-corrected chi connectivity index (χ4v) is 1.78. The Kier molecular flexibility index (Phi) is 1.04. The van der Waals surface area contributed by atoms with Crippen LogP contribution in [0.25, 0.3) is 0 Å². The average molecular weight is 112 g/mol. The van der Waals surface area contributed by atoms with Crippen molar-refractivity contribution in [3.63, 3.8) is 0 Å². The van der Waals surface area contributed by atoms with Gasteiger partial charge in [-0.2, -0.15) is 0 Å². The zero-order valence-electron chi connectivity index (χ0n) is 5.10. The third kappa shape index (κ3) is 0.655. The van der Waals surface area contributed by atoms with Gasteiger partial charge in [-0.1, -0.05) is 0 Å². The number of rotatable bonds is 0. The van der Waals surface area contributed by atoms with Crippen molar-refractivity contribution in [1.29, 1.82) is 0 Å². The van der Waals surface area contributed by atoms with Crippen LogP contribution in [0.15, 0.2) is 0 Å². The summed E-state index contributed by atoms with van der Waals surface area (Å²) in [5, 5.41) is 0. The second-order valence-corrected chi connectivity index (χ2v) is 2.89. The molecule has 2 aliphatic rings. The molecule has 2 rings (SSSR count). The number of hydrogen-bond donors (Lipinski definition) is 0. The zero-order valence-corrected chi connectivity index (χ0v) is 5.10. The minimum atomic E-state index is 0.661. The van der Waals surface area contributed by atoms with E-state index < -0.39 is 0 Å². The van der Waals surface area contributed by atoms with Gasteiger partial charge in [-0.15, -0.1) is 0 Å². The Morgan fingerprint density at radius 1 is 0.875 bits per heavy atom. The topological polar surface area (TPSA) is 9.23 Å². The van der Waals surface area contributed by atoms with E-state index >= 15 is 0 Å². The number of ether oxygens (including phenoxy) is 1. The lowest BCUT2D eigenvalue weighted by atomic mass is 10.1. The van der Waals surface area contributed by atoms with E-state index in [4.69, 9.17) is 4.74 Å². The second-order valence-electron chi connectivity index (χ2n) is 2.89. The van der Waals surface area contributed by atoms with Crippen molar-refractivity contribution in [2.24, 2.45) is 0 Å². The first kappa shape index (κ1) is 4.80. The summed E-state index contributed by atoms with van der Waals surface area (Å²) >= 11 is 0. The first-order chi connectivity index (χ1) is 3.95. The van der Waals surface area contributed by atoms with E-state index in [0.29, 0.717) is 12.2 Å². The summed E-state index contributed by atoms with van der Waals surface area (Å²) in [6.07, 6.45) is 8.07. The van der Waals surface area contributed by atoms with Gasteiger partial charge in [0.25, 0.3) is 0 Å². The molecule has 8 heavy (non-hydrogen) atoms. The molecule has 46 valence electrons. The van der Waals surface area contributed by atoms with Crippen molar-refractivity contribution in [3.8, 4) is 0 Å². The minimum absolute atomic E-state index is 0.661. The molecule has 0 saturated carbocycles. The molecule has 0 aromatic heterocycles. The molecular formula is C7H12O. The van der Waals surface area contributed by atoms with Crippen molar-refractivity contribution >= 4 is 0 Å². The molecule has 0 spiro atoms. The molecule has 1 heteroatoms. The highest BCUT2D eigenvalue weighted by Crippen LogP contribution is 2.31. The van der Waals surface area contributed by atoms with Crippen LogP contribution in [0.1, 0.15) is 32.1 Å². The smallest absolute Gasteiger partial charge is 0.0579 e. The van der Waals surface area contributed by atoms with E-state index in [1.165, 1.54) is 32.1 Å². The Hall–Kier alpha value is -0.0400. The van der Waals surface area contributed by atoms with E-state index in [2.05, 4.69) is 0 Å². The van der Waals surface area contributed by atoms with Gasteiger partial charge < -0.3 is 4.74 Å². The van der Waals surface area contributed by atoms with E-state index in [-0.39, 0.29) is 0 Å². The Bertz CT molecular complexity index is 76.4. The normalized spacial score (nSPS) is 45.0. The first-order valence-corrected chi connectivity index (χ1v) is 3.60. The maximum absolute atomic E-state index is 5.60. The monoisotopic (exact) mass is 112 g/mol. The summed E-state index contributed by atoms with van der Waals surface area (Å²) < 4.78 is 5.60. The van der Waals surface area contributed by atoms with E-state index in [1.807, 2.05) is 0 Å². The van der Waals surface area contributed by atoms with Crippen LogP contribution in [-0.2, 0) is 4.74 Å². The maximum atomic E-state index is 5.60. The third-order valence-electron chi connectivity index (χ3n) is 2.25. The summed E-state index contributed by atoms with van der Waals surface area (Å²) in [5.41, 5.74) is 0. The number of fused-ring (bicyclic) bond motifs is 2. The van der Waals surface area contributed by atoms with Crippen molar-refractivity contribution in [1.82, 2.24) is 0 Å². The fraction of sp³-hybridized carbons (Fsp3) is 1.00. The van der Waals surface area contributed by atoms with E-state index in [1.54, 1.807) is 0 Å². The van der Waals surface area contributed by atoms with Crippen molar-refractivity contribution in [2.75, 3.05) is 0 Å². The lowest BCUT2D eigenvalue weighted by Crippen LogP contribution is -2.16. The van der Waals surface area contributed by atoms with Crippen LogP contribution in [-0.4, -0.2) is 12.2 Å².